The lowest BCUT2D eigenvalue weighted by molar-refractivity contribution is -0.666. The van der Waals surface area contributed by atoms with Crippen molar-refractivity contribution in [3.8, 4) is 33.8 Å². The zero-order chi connectivity index (χ0) is 28.9. The van der Waals surface area contributed by atoms with Gasteiger partial charge in [0.25, 0.3) is 0 Å². The molecule has 0 aliphatic carbocycles. The predicted octanol–water partition coefficient (Wildman–Crippen LogP) is 8.58. The number of aromatic nitrogens is 2. The molecule has 0 radical (unpaired) electrons. The van der Waals surface area contributed by atoms with Crippen molar-refractivity contribution in [3.05, 3.63) is 94.7 Å². The first-order chi connectivity index (χ1) is 18.0. The molecule has 0 N–H and O–H groups in total. The number of aryl methyl sites for hydroxylation is 1. The second-order valence-electron chi connectivity index (χ2n) is 8.98. The van der Waals surface area contributed by atoms with Gasteiger partial charge in [-0.1, -0.05) is 24.3 Å². The third-order valence-electron chi connectivity index (χ3n) is 6.41. The second kappa shape index (κ2) is 9.69. The van der Waals surface area contributed by atoms with E-state index < -0.39 is 35.2 Å². The average Bonchev–Trinajstić information content (AvgIpc) is 2.84. The highest BCUT2D eigenvalue weighted by Crippen LogP contribution is 2.38. The van der Waals surface area contributed by atoms with E-state index in [1.165, 1.54) is 37.3 Å². The van der Waals surface area contributed by atoms with Crippen LogP contribution in [0.5, 0.6) is 0 Å². The minimum atomic E-state index is -4.60. The van der Waals surface area contributed by atoms with Gasteiger partial charge in [-0.15, -0.1) is 0 Å². The number of nitrogens with zero attached hydrogens (tertiary/aromatic N) is 2. The summed E-state index contributed by atoms with van der Waals surface area (Å²) in [6.07, 6.45) is -13.7. The Morgan fingerprint density at radius 1 is 0.564 bits per heavy atom. The van der Waals surface area contributed by atoms with Gasteiger partial charge < -0.3 is 0 Å². The maximum atomic E-state index is 13.3. The van der Waals surface area contributed by atoms with Crippen molar-refractivity contribution in [2.75, 3.05) is 0 Å². The standard InChI is InChI=1S/C28H20F9N2/c1-15-14-21(28(35,36)37)12-13-22(15)25-24(18-6-10-20(11-7-18)27(32,33)34)38-23(16(2)39(25)3)17-4-8-19(9-5-17)26(29,30)31/h4-14H,1-3H3/q+1. The monoisotopic (exact) mass is 555 g/mol. The Balaban J connectivity index is 1.98. The van der Waals surface area contributed by atoms with Crippen LogP contribution in [0, 0.1) is 13.8 Å². The van der Waals surface area contributed by atoms with E-state index in [2.05, 4.69) is 4.98 Å². The minimum absolute atomic E-state index is 0.148. The normalized spacial score (nSPS) is 12.6. The summed E-state index contributed by atoms with van der Waals surface area (Å²) in [5.41, 5.74) is -0.273. The Bertz CT molecular complexity index is 1510. The molecule has 0 unspecified atom stereocenters. The first kappa shape index (κ1) is 28.1. The van der Waals surface area contributed by atoms with E-state index in [9.17, 15) is 39.5 Å². The van der Waals surface area contributed by atoms with Crippen LogP contribution < -0.4 is 4.57 Å². The molecule has 1 aromatic heterocycles. The largest absolute Gasteiger partial charge is 0.416 e. The van der Waals surface area contributed by atoms with Gasteiger partial charge in [0.15, 0.2) is 0 Å². The van der Waals surface area contributed by atoms with Crippen LogP contribution in [0.2, 0.25) is 0 Å². The second-order valence-corrected chi connectivity index (χ2v) is 8.98. The molecule has 0 bridgehead atoms. The third-order valence-corrected chi connectivity index (χ3v) is 6.41. The number of hydrogen-bond acceptors (Lipinski definition) is 1. The number of hydrogen-bond donors (Lipinski definition) is 0. The summed E-state index contributed by atoms with van der Waals surface area (Å²) in [5.74, 6) is 0. The predicted molar refractivity (Wildman–Crippen MR) is 126 cm³/mol. The van der Waals surface area contributed by atoms with E-state index in [1.54, 1.807) is 18.5 Å². The zero-order valence-corrected chi connectivity index (χ0v) is 20.6. The van der Waals surface area contributed by atoms with Crippen LogP contribution in [0.4, 0.5) is 39.5 Å². The van der Waals surface area contributed by atoms with Gasteiger partial charge in [-0.05, 0) is 55.0 Å². The Morgan fingerprint density at radius 3 is 1.38 bits per heavy atom. The fraction of sp³-hybridized carbons (Fsp3) is 0.214. The lowest BCUT2D eigenvalue weighted by Crippen LogP contribution is -2.37. The molecular weight excluding hydrogens is 535 g/mol. The summed E-state index contributed by atoms with van der Waals surface area (Å²) in [6.45, 7) is 3.11. The van der Waals surface area contributed by atoms with Crippen molar-refractivity contribution in [3.63, 3.8) is 0 Å². The maximum absolute atomic E-state index is 13.3. The maximum Gasteiger partial charge on any atom is 0.416 e. The molecule has 0 amide bonds. The van der Waals surface area contributed by atoms with Crippen LogP contribution in [0.15, 0.2) is 66.7 Å². The molecular formula is C28H20F9N2+. The van der Waals surface area contributed by atoms with Gasteiger partial charge in [-0.25, -0.2) is 4.98 Å². The van der Waals surface area contributed by atoms with Crippen molar-refractivity contribution in [1.29, 1.82) is 0 Å². The van der Waals surface area contributed by atoms with E-state index in [0.717, 1.165) is 36.4 Å². The molecule has 0 aliphatic heterocycles. The van der Waals surface area contributed by atoms with E-state index >= 15 is 0 Å². The number of halogens is 9. The highest BCUT2D eigenvalue weighted by molar-refractivity contribution is 5.80. The topological polar surface area (TPSA) is 16.8 Å². The van der Waals surface area contributed by atoms with Crippen molar-refractivity contribution in [1.82, 2.24) is 4.98 Å². The molecule has 3 aromatic carbocycles. The van der Waals surface area contributed by atoms with Gasteiger partial charge in [0.05, 0.1) is 22.3 Å². The molecule has 0 fully saturated rings. The van der Waals surface area contributed by atoms with E-state index in [0.29, 0.717) is 22.5 Å². The summed E-state index contributed by atoms with van der Waals surface area (Å²) in [7, 11) is 1.60. The summed E-state index contributed by atoms with van der Waals surface area (Å²) < 4.78 is 120. The van der Waals surface area contributed by atoms with Crippen molar-refractivity contribution >= 4 is 0 Å². The van der Waals surface area contributed by atoms with Gasteiger partial charge in [-0.2, -0.15) is 44.1 Å². The lowest BCUT2D eigenvalue weighted by Gasteiger charge is -2.16. The molecule has 1 heterocycles. The molecule has 0 aliphatic rings. The van der Waals surface area contributed by atoms with E-state index in [-0.39, 0.29) is 22.5 Å². The Morgan fingerprint density at radius 2 is 0.974 bits per heavy atom. The molecule has 0 spiro atoms. The molecule has 2 nitrogen and oxygen atoms in total. The fourth-order valence-electron chi connectivity index (χ4n) is 4.25. The smallest absolute Gasteiger partial charge is 0.234 e. The summed E-state index contributed by atoms with van der Waals surface area (Å²) in [4.78, 5) is 4.64. The van der Waals surface area contributed by atoms with Crippen LogP contribution in [0.1, 0.15) is 27.9 Å². The van der Waals surface area contributed by atoms with Gasteiger partial charge in [-0.3, -0.25) is 0 Å². The SMILES string of the molecule is Cc1cc(C(F)(F)F)ccc1-c1c(-c2ccc(C(F)(F)F)cc2)nc(-c2ccc(C(F)(F)F)cc2)c(C)[n+]1C. The van der Waals surface area contributed by atoms with Gasteiger partial charge in [0.2, 0.25) is 11.4 Å². The minimum Gasteiger partial charge on any atom is -0.234 e. The fourth-order valence-corrected chi connectivity index (χ4v) is 4.25. The highest BCUT2D eigenvalue weighted by atomic mass is 19.4. The first-order valence-corrected chi connectivity index (χ1v) is 11.4. The molecule has 0 atom stereocenters. The lowest BCUT2D eigenvalue weighted by atomic mass is 9.96. The molecule has 4 aromatic rings. The van der Waals surface area contributed by atoms with Crippen LogP contribution >= 0.6 is 0 Å². The Hall–Kier alpha value is -3.89. The van der Waals surface area contributed by atoms with E-state index in [1.807, 2.05) is 0 Å². The van der Waals surface area contributed by atoms with Crippen LogP contribution in [0.25, 0.3) is 33.8 Å². The van der Waals surface area contributed by atoms with Crippen LogP contribution in [-0.2, 0) is 25.6 Å². The van der Waals surface area contributed by atoms with Crippen LogP contribution in [0.3, 0.4) is 0 Å². The molecule has 0 saturated heterocycles. The van der Waals surface area contributed by atoms with Crippen molar-refractivity contribution in [2.45, 2.75) is 32.4 Å². The summed E-state index contributed by atoms with van der Waals surface area (Å²) >= 11 is 0. The van der Waals surface area contributed by atoms with Gasteiger partial charge in [0, 0.05) is 18.1 Å². The quantitative estimate of drug-likeness (QED) is 0.183. The highest BCUT2D eigenvalue weighted by Gasteiger charge is 2.34. The average molecular weight is 555 g/mol. The summed E-state index contributed by atoms with van der Waals surface area (Å²) in [6, 6.07) is 11.5. The van der Waals surface area contributed by atoms with Crippen molar-refractivity contribution in [2.24, 2.45) is 7.05 Å². The molecule has 4 rings (SSSR count). The van der Waals surface area contributed by atoms with Crippen LogP contribution in [-0.4, -0.2) is 4.98 Å². The number of rotatable bonds is 3. The molecule has 0 saturated carbocycles. The van der Waals surface area contributed by atoms with E-state index in [4.69, 9.17) is 0 Å². The van der Waals surface area contributed by atoms with Gasteiger partial charge >= 0.3 is 18.5 Å². The summed E-state index contributed by atoms with van der Waals surface area (Å²) in [5, 5.41) is 0. The molecule has 11 heteroatoms. The molecule has 204 valence electrons. The number of alkyl halides is 9. The first-order valence-electron chi connectivity index (χ1n) is 11.4. The molecule has 39 heavy (non-hydrogen) atoms. The number of benzene rings is 3. The zero-order valence-electron chi connectivity index (χ0n) is 20.6. The third kappa shape index (κ3) is 5.62. The van der Waals surface area contributed by atoms with Crippen molar-refractivity contribution < 1.29 is 44.1 Å². The Kier molecular flexibility index (Phi) is 6.99. The van der Waals surface area contributed by atoms with Gasteiger partial charge in [0.1, 0.15) is 18.4 Å². The Labute approximate surface area is 217 Å².